The van der Waals surface area contributed by atoms with Crippen LogP contribution in [0.1, 0.15) is 0 Å². The molecule has 0 saturated heterocycles. The first-order valence-electron chi connectivity index (χ1n) is 5.13. The van der Waals surface area contributed by atoms with Gasteiger partial charge in [-0.05, 0) is 0 Å². The molecular formula is C11H8F4N4. The molecule has 100 valence electrons. The molecule has 4 nitrogen and oxygen atoms in total. The van der Waals surface area contributed by atoms with Crippen molar-refractivity contribution in [3.05, 3.63) is 41.6 Å². The number of benzene rings is 1. The zero-order valence-electron chi connectivity index (χ0n) is 9.64. The van der Waals surface area contributed by atoms with Crippen molar-refractivity contribution in [2.45, 2.75) is 0 Å². The van der Waals surface area contributed by atoms with Gasteiger partial charge in [-0.2, -0.15) is 4.98 Å². The van der Waals surface area contributed by atoms with Crippen LogP contribution in [0.5, 0.6) is 0 Å². The lowest BCUT2D eigenvalue weighted by molar-refractivity contribution is 0.548. The number of hydrogen-bond acceptors (Lipinski definition) is 4. The molecule has 0 saturated carbocycles. The van der Waals surface area contributed by atoms with Gasteiger partial charge in [0.25, 0.3) is 0 Å². The van der Waals surface area contributed by atoms with Crippen LogP contribution in [0.3, 0.4) is 0 Å². The summed E-state index contributed by atoms with van der Waals surface area (Å²) in [5.41, 5.74) is -0.693. The van der Waals surface area contributed by atoms with Crippen LogP contribution >= 0.6 is 0 Å². The molecule has 0 aliphatic heterocycles. The van der Waals surface area contributed by atoms with Gasteiger partial charge in [-0.3, -0.25) is 0 Å². The number of anilines is 3. The fourth-order valence-corrected chi connectivity index (χ4v) is 1.36. The molecule has 0 aliphatic rings. The maximum atomic E-state index is 13.4. The number of nitrogens with one attached hydrogen (secondary N) is 2. The van der Waals surface area contributed by atoms with Gasteiger partial charge in [0.05, 0.1) is 6.20 Å². The molecule has 0 unspecified atom stereocenters. The van der Waals surface area contributed by atoms with Crippen LogP contribution in [-0.2, 0) is 0 Å². The van der Waals surface area contributed by atoms with Crippen molar-refractivity contribution in [2.24, 2.45) is 0 Å². The normalized spacial score (nSPS) is 10.4. The van der Waals surface area contributed by atoms with Gasteiger partial charge in [0.15, 0.2) is 23.3 Å². The molecule has 8 heteroatoms. The molecule has 19 heavy (non-hydrogen) atoms. The average molecular weight is 272 g/mol. The van der Waals surface area contributed by atoms with Crippen molar-refractivity contribution < 1.29 is 17.6 Å². The smallest absolute Gasteiger partial charge is 0.224 e. The first kappa shape index (κ1) is 13.1. The van der Waals surface area contributed by atoms with E-state index in [0.717, 1.165) is 6.20 Å². The standard InChI is InChI=1S/C11H8F4N4/c1-16-11-17-4-8(15)10(19-11)18-9-6(13)2-5(12)3-7(9)14/h2-4H,1H3,(H2,16,17,18,19). The monoisotopic (exact) mass is 272 g/mol. The van der Waals surface area contributed by atoms with Crippen LogP contribution in [0, 0.1) is 23.3 Å². The molecule has 2 N–H and O–H groups in total. The highest BCUT2D eigenvalue weighted by molar-refractivity contribution is 5.58. The third-order valence-corrected chi connectivity index (χ3v) is 2.22. The predicted octanol–water partition coefficient (Wildman–Crippen LogP) is 2.82. The quantitative estimate of drug-likeness (QED) is 0.843. The Hall–Kier alpha value is -2.38. The fraction of sp³-hybridized carbons (Fsp3) is 0.0909. The highest BCUT2D eigenvalue weighted by Crippen LogP contribution is 2.25. The second-order valence-electron chi connectivity index (χ2n) is 3.51. The molecule has 0 aliphatic carbocycles. The van der Waals surface area contributed by atoms with Gasteiger partial charge in [-0.15, -0.1) is 0 Å². The van der Waals surface area contributed by atoms with E-state index in [9.17, 15) is 17.6 Å². The van der Waals surface area contributed by atoms with E-state index < -0.39 is 34.8 Å². The Kier molecular flexibility index (Phi) is 3.50. The summed E-state index contributed by atoms with van der Waals surface area (Å²) >= 11 is 0. The maximum Gasteiger partial charge on any atom is 0.224 e. The van der Waals surface area contributed by atoms with Gasteiger partial charge in [0.2, 0.25) is 5.95 Å². The molecule has 1 aromatic carbocycles. The molecule has 0 spiro atoms. The Balaban J connectivity index is 2.41. The van der Waals surface area contributed by atoms with Crippen molar-refractivity contribution in [3.63, 3.8) is 0 Å². The third-order valence-electron chi connectivity index (χ3n) is 2.22. The SMILES string of the molecule is CNc1ncc(F)c(Nc2c(F)cc(F)cc2F)n1. The van der Waals surface area contributed by atoms with Crippen LogP contribution in [0.2, 0.25) is 0 Å². The number of hydrogen-bond donors (Lipinski definition) is 2. The molecule has 0 fully saturated rings. The molecule has 0 bridgehead atoms. The zero-order chi connectivity index (χ0) is 14.0. The molecular weight excluding hydrogens is 264 g/mol. The van der Waals surface area contributed by atoms with Crippen molar-refractivity contribution in [1.29, 1.82) is 0 Å². The largest absolute Gasteiger partial charge is 0.357 e. The van der Waals surface area contributed by atoms with Crippen molar-refractivity contribution >= 4 is 17.5 Å². The van der Waals surface area contributed by atoms with E-state index in [2.05, 4.69) is 20.6 Å². The molecule has 0 atom stereocenters. The van der Waals surface area contributed by atoms with Crippen LogP contribution in [0.25, 0.3) is 0 Å². The maximum absolute atomic E-state index is 13.4. The number of aromatic nitrogens is 2. The highest BCUT2D eigenvalue weighted by atomic mass is 19.1. The summed E-state index contributed by atoms with van der Waals surface area (Å²) in [6, 6.07) is 0.951. The summed E-state index contributed by atoms with van der Waals surface area (Å²) in [5, 5.41) is 4.67. The first-order valence-corrected chi connectivity index (χ1v) is 5.13. The second kappa shape index (κ2) is 5.09. The number of nitrogens with zero attached hydrogens (tertiary/aromatic N) is 2. The van der Waals surface area contributed by atoms with Gasteiger partial charge < -0.3 is 10.6 Å². The van der Waals surface area contributed by atoms with Crippen LogP contribution < -0.4 is 10.6 Å². The van der Waals surface area contributed by atoms with E-state index >= 15 is 0 Å². The third kappa shape index (κ3) is 2.72. The van der Waals surface area contributed by atoms with E-state index in [-0.39, 0.29) is 5.95 Å². The fourth-order valence-electron chi connectivity index (χ4n) is 1.36. The minimum Gasteiger partial charge on any atom is -0.357 e. The van der Waals surface area contributed by atoms with Gasteiger partial charge in [0.1, 0.15) is 11.5 Å². The van der Waals surface area contributed by atoms with E-state index in [4.69, 9.17) is 0 Å². The molecule has 2 aromatic rings. The topological polar surface area (TPSA) is 49.8 Å². The molecule has 1 aromatic heterocycles. The molecule has 2 rings (SSSR count). The Morgan fingerprint density at radius 2 is 1.63 bits per heavy atom. The highest BCUT2D eigenvalue weighted by Gasteiger charge is 2.15. The zero-order valence-corrected chi connectivity index (χ0v) is 9.64. The van der Waals surface area contributed by atoms with Crippen molar-refractivity contribution in [2.75, 3.05) is 17.7 Å². The van der Waals surface area contributed by atoms with Crippen molar-refractivity contribution in [3.8, 4) is 0 Å². The first-order chi connectivity index (χ1) is 9.01. The molecule has 1 heterocycles. The van der Waals surface area contributed by atoms with Crippen LogP contribution in [-0.4, -0.2) is 17.0 Å². The van der Waals surface area contributed by atoms with Gasteiger partial charge in [0, 0.05) is 19.2 Å². The number of halogens is 4. The summed E-state index contributed by atoms with van der Waals surface area (Å²) in [6.45, 7) is 0. The summed E-state index contributed by atoms with van der Waals surface area (Å²) in [7, 11) is 1.50. The summed E-state index contributed by atoms with van der Waals surface area (Å²) in [4.78, 5) is 7.23. The van der Waals surface area contributed by atoms with Gasteiger partial charge >= 0.3 is 0 Å². The van der Waals surface area contributed by atoms with Gasteiger partial charge in [-0.1, -0.05) is 0 Å². The van der Waals surface area contributed by atoms with E-state index in [1.165, 1.54) is 7.05 Å². The van der Waals surface area contributed by atoms with E-state index in [0.29, 0.717) is 12.1 Å². The van der Waals surface area contributed by atoms with Crippen LogP contribution in [0.15, 0.2) is 18.3 Å². The second-order valence-corrected chi connectivity index (χ2v) is 3.51. The minimum absolute atomic E-state index is 0.0619. The number of rotatable bonds is 3. The van der Waals surface area contributed by atoms with E-state index in [1.807, 2.05) is 0 Å². The van der Waals surface area contributed by atoms with Crippen molar-refractivity contribution in [1.82, 2.24) is 9.97 Å². The summed E-state index contributed by atoms with van der Waals surface area (Å²) in [5.74, 6) is -4.72. The Labute approximate surface area is 105 Å². The van der Waals surface area contributed by atoms with Gasteiger partial charge in [-0.25, -0.2) is 22.5 Å². The lowest BCUT2D eigenvalue weighted by atomic mass is 10.2. The summed E-state index contributed by atoms with van der Waals surface area (Å²) in [6.07, 6.45) is 0.834. The Bertz CT molecular complexity index is 595. The molecule has 0 radical (unpaired) electrons. The minimum atomic E-state index is -1.19. The van der Waals surface area contributed by atoms with Crippen LogP contribution in [0.4, 0.5) is 35.0 Å². The summed E-state index contributed by atoms with van der Waals surface area (Å²) < 4.78 is 52.9. The van der Waals surface area contributed by atoms with E-state index in [1.54, 1.807) is 0 Å². The lowest BCUT2D eigenvalue weighted by Crippen LogP contribution is -2.05. The Morgan fingerprint density at radius 1 is 1.00 bits per heavy atom. The predicted molar refractivity (Wildman–Crippen MR) is 61.1 cm³/mol. The molecule has 0 amide bonds. The lowest BCUT2D eigenvalue weighted by Gasteiger charge is -2.09. The average Bonchev–Trinajstić information content (AvgIpc) is 2.35. The Morgan fingerprint density at radius 3 is 2.21 bits per heavy atom.